The Kier molecular flexibility index (Phi) is 4.86. The number of ether oxygens (including phenoxy) is 1. The van der Waals surface area contributed by atoms with Gasteiger partial charge in [-0.25, -0.2) is 9.18 Å². The second kappa shape index (κ2) is 5.99. The Hall–Kier alpha value is -1.65. The van der Waals surface area contributed by atoms with Crippen LogP contribution in [0.25, 0.3) is 5.57 Å². The summed E-state index contributed by atoms with van der Waals surface area (Å²) < 4.78 is 18.8. The van der Waals surface area contributed by atoms with Crippen molar-refractivity contribution in [2.45, 2.75) is 12.2 Å². The number of rotatable bonds is 2. The molecule has 1 atom stereocenters. The van der Waals surface area contributed by atoms with E-state index in [0.717, 1.165) is 11.1 Å². The van der Waals surface area contributed by atoms with Gasteiger partial charge in [0.05, 0.1) is 12.7 Å². The Balaban J connectivity index is 0.00000180. The Morgan fingerprint density at radius 2 is 1.95 bits per heavy atom. The summed E-state index contributed by atoms with van der Waals surface area (Å²) in [4.78, 5) is 11.4. The van der Waals surface area contributed by atoms with Crippen LogP contribution in [0.4, 0.5) is 4.39 Å². The number of benzene rings is 1. The van der Waals surface area contributed by atoms with Gasteiger partial charge in [-0.05, 0) is 17.2 Å². The molecule has 0 saturated carbocycles. The number of allylic oxidation sites excluding steroid dienone is 2. The molecule has 2 rings (SSSR count). The van der Waals surface area contributed by atoms with Gasteiger partial charge in [0.15, 0.2) is 5.79 Å². The first kappa shape index (κ1) is 15.4. The molecule has 1 aromatic rings. The van der Waals surface area contributed by atoms with E-state index in [9.17, 15) is 9.18 Å². The summed E-state index contributed by atoms with van der Waals surface area (Å²) in [6, 6.07) is 9.36. The normalized spacial score (nSPS) is 21.8. The quantitative estimate of drug-likeness (QED) is 0.670. The molecule has 5 heteroatoms. The van der Waals surface area contributed by atoms with Crippen LogP contribution in [0.3, 0.4) is 0 Å². The predicted molar refractivity (Wildman–Crippen MR) is 74.4 cm³/mol. The predicted octanol–water partition coefficient (Wildman–Crippen LogP) is 2.62. The summed E-state index contributed by atoms with van der Waals surface area (Å²) in [7, 11) is 1.20. The van der Waals surface area contributed by atoms with Crippen LogP contribution in [0.5, 0.6) is 0 Å². The fraction of sp³-hybridized carbons (Fsp3) is 0.214. The van der Waals surface area contributed by atoms with Crippen molar-refractivity contribution in [1.82, 2.24) is 0 Å². The highest BCUT2D eigenvalue weighted by atomic mass is 35.5. The molecule has 0 aromatic heterocycles. The Bertz CT molecular complexity index is 524. The lowest BCUT2D eigenvalue weighted by Gasteiger charge is -2.26. The number of alkyl halides is 1. The maximum Gasteiger partial charge on any atom is 0.338 e. The van der Waals surface area contributed by atoms with E-state index in [2.05, 4.69) is 4.74 Å². The van der Waals surface area contributed by atoms with Gasteiger partial charge in [0.1, 0.15) is 0 Å². The van der Waals surface area contributed by atoms with Gasteiger partial charge in [-0.15, -0.1) is 12.4 Å². The van der Waals surface area contributed by atoms with Gasteiger partial charge in [-0.1, -0.05) is 36.4 Å². The molecular formula is C14H15ClFNO2. The topological polar surface area (TPSA) is 52.3 Å². The molecule has 1 aliphatic carbocycles. The van der Waals surface area contributed by atoms with Gasteiger partial charge in [-0.3, -0.25) is 5.73 Å². The maximum absolute atomic E-state index is 14.3. The summed E-state index contributed by atoms with van der Waals surface area (Å²) >= 11 is 0. The van der Waals surface area contributed by atoms with E-state index in [1.165, 1.54) is 13.2 Å². The average Bonchev–Trinajstić information content (AvgIpc) is 2.38. The van der Waals surface area contributed by atoms with Crippen LogP contribution in [0.1, 0.15) is 12.0 Å². The summed E-state index contributed by atoms with van der Waals surface area (Å²) in [5, 5.41) is 0. The molecular weight excluding hydrogens is 269 g/mol. The first-order chi connectivity index (χ1) is 8.54. The van der Waals surface area contributed by atoms with Gasteiger partial charge < -0.3 is 4.74 Å². The fourth-order valence-corrected chi connectivity index (χ4v) is 1.95. The van der Waals surface area contributed by atoms with Crippen molar-refractivity contribution in [3.8, 4) is 0 Å². The molecule has 0 bridgehead atoms. The third-order valence-electron chi connectivity index (χ3n) is 2.90. The number of hydrogen-bond donors (Lipinski definition) is 1. The van der Waals surface area contributed by atoms with E-state index < -0.39 is 11.8 Å². The lowest BCUT2D eigenvalue weighted by molar-refractivity contribution is -0.137. The molecule has 3 nitrogen and oxygen atoms in total. The summed E-state index contributed by atoms with van der Waals surface area (Å²) in [5.74, 6) is -2.92. The Morgan fingerprint density at radius 1 is 1.32 bits per heavy atom. The Morgan fingerprint density at radius 3 is 2.47 bits per heavy atom. The number of carbonyl (C=O) groups excluding carboxylic acids is 1. The van der Waals surface area contributed by atoms with Crippen molar-refractivity contribution in [2.24, 2.45) is 5.73 Å². The van der Waals surface area contributed by atoms with Crippen LogP contribution in [0.2, 0.25) is 0 Å². The third kappa shape index (κ3) is 3.22. The molecule has 2 N–H and O–H groups in total. The smallest absolute Gasteiger partial charge is 0.338 e. The highest BCUT2D eigenvalue weighted by molar-refractivity contribution is 5.93. The molecule has 102 valence electrons. The minimum absolute atomic E-state index is 0. The van der Waals surface area contributed by atoms with Crippen molar-refractivity contribution in [2.75, 3.05) is 7.11 Å². The van der Waals surface area contributed by atoms with E-state index in [1.54, 1.807) is 6.08 Å². The lowest BCUT2D eigenvalue weighted by atomic mass is 9.88. The Labute approximate surface area is 117 Å². The van der Waals surface area contributed by atoms with Gasteiger partial charge in [0.2, 0.25) is 0 Å². The van der Waals surface area contributed by atoms with Crippen molar-refractivity contribution in [1.29, 1.82) is 0 Å². The summed E-state index contributed by atoms with van der Waals surface area (Å²) in [6.45, 7) is 0. The summed E-state index contributed by atoms with van der Waals surface area (Å²) in [6.07, 6.45) is 3.04. The van der Waals surface area contributed by atoms with Crippen LogP contribution >= 0.6 is 12.4 Å². The molecule has 0 radical (unpaired) electrons. The second-order valence-electron chi connectivity index (χ2n) is 4.17. The largest absolute Gasteiger partial charge is 0.466 e. The number of carbonyl (C=O) groups is 1. The molecule has 0 saturated heterocycles. The van der Waals surface area contributed by atoms with Crippen molar-refractivity contribution in [3.05, 3.63) is 53.6 Å². The fourth-order valence-electron chi connectivity index (χ4n) is 1.95. The molecule has 0 heterocycles. The van der Waals surface area contributed by atoms with Gasteiger partial charge in [0.25, 0.3) is 0 Å². The summed E-state index contributed by atoms with van der Waals surface area (Å²) in [5.41, 5.74) is 7.05. The highest BCUT2D eigenvalue weighted by Crippen LogP contribution is 2.34. The maximum atomic E-state index is 14.3. The minimum atomic E-state index is -2.19. The molecule has 1 aromatic carbocycles. The number of esters is 1. The van der Waals surface area contributed by atoms with Gasteiger partial charge in [0, 0.05) is 6.42 Å². The first-order valence-corrected chi connectivity index (χ1v) is 5.57. The molecule has 0 amide bonds. The third-order valence-corrected chi connectivity index (χ3v) is 2.90. The molecule has 0 spiro atoms. The number of hydrogen-bond acceptors (Lipinski definition) is 3. The van der Waals surface area contributed by atoms with Crippen LogP contribution in [-0.2, 0) is 9.53 Å². The zero-order valence-electron chi connectivity index (χ0n) is 10.4. The van der Waals surface area contributed by atoms with E-state index in [-0.39, 0.29) is 24.4 Å². The SMILES string of the molecule is COC(=O)C1=CC=C(c2ccccc2)CC1(N)F.Cl. The molecule has 19 heavy (non-hydrogen) atoms. The molecule has 0 aliphatic heterocycles. The van der Waals surface area contributed by atoms with Crippen LogP contribution in [0, 0.1) is 0 Å². The first-order valence-electron chi connectivity index (χ1n) is 5.57. The van der Waals surface area contributed by atoms with E-state index in [4.69, 9.17) is 5.73 Å². The van der Waals surface area contributed by atoms with Crippen LogP contribution in [-0.4, -0.2) is 18.9 Å². The zero-order chi connectivity index (χ0) is 13.2. The number of halogens is 2. The van der Waals surface area contributed by atoms with Gasteiger partial charge in [-0.2, -0.15) is 0 Å². The lowest BCUT2D eigenvalue weighted by Crippen LogP contribution is -2.41. The van der Waals surface area contributed by atoms with E-state index in [0.29, 0.717) is 0 Å². The van der Waals surface area contributed by atoms with E-state index in [1.807, 2.05) is 30.3 Å². The number of methoxy groups -OCH3 is 1. The molecule has 1 aliphatic rings. The number of nitrogens with two attached hydrogens (primary N) is 1. The van der Waals surface area contributed by atoms with Crippen molar-refractivity contribution >= 4 is 23.9 Å². The monoisotopic (exact) mass is 283 g/mol. The van der Waals surface area contributed by atoms with Gasteiger partial charge >= 0.3 is 5.97 Å². The van der Waals surface area contributed by atoms with E-state index >= 15 is 0 Å². The highest BCUT2D eigenvalue weighted by Gasteiger charge is 2.37. The van der Waals surface area contributed by atoms with Crippen molar-refractivity contribution < 1.29 is 13.9 Å². The second-order valence-corrected chi connectivity index (χ2v) is 4.17. The minimum Gasteiger partial charge on any atom is -0.466 e. The molecule has 0 fully saturated rings. The zero-order valence-corrected chi connectivity index (χ0v) is 11.2. The molecule has 1 unspecified atom stereocenters. The van der Waals surface area contributed by atoms with Crippen LogP contribution < -0.4 is 5.73 Å². The average molecular weight is 284 g/mol. The van der Waals surface area contributed by atoms with Crippen molar-refractivity contribution in [3.63, 3.8) is 0 Å². The standard InChI is InChI=1S/C14H14FNO2.ClH/c1-18-13(17)12-8-7-11(9-14(12,15)16)10-5-3-2-4-6-10;/h2-8H,9,16H2,1H3;1H. The van der Waals surface area contributed by atoms with Crippen LogP contribution in [0.15, 0.2) is 48.1 Å².